The van der Waals surface area contributed by atoms with Crippen molar-refractivity contribution in [3.05, 3.63) is 63.3 Å². The summed E-state index contributed by atoms with van der Waals surface area (Å²) in [7, 11) is 0. The highest BCUT2D eigenvalue weighted by atomic mass is 16.1. The monoisotopic (exact) mass is 229 g/mol. The molecule has 3 N–H and O–H groups in total. The van der Waals surface area contributed by atoms with Gasteiger partial charge in [-0.2, -0.15) is 0 Å². The van der Waals surface area contributed by atoms with Crippen molar-refractivity contribution in [1.29, 1.82) is 0 Å². The quantitative estimate of drug-likeness (QED) is 0.828. The van der Waals surface area contributed by atoms with E-state index < -0.39 is 0 Å². The molecule has 4 heteroatoms. The average Bonchev–Trinajstić information content (AvgIpc) is 2.32. The molecule has 0 amide bonds. The van der Waals surface area contributed by atoms with E-state index in [2.05, 4.69) is 9.97 Å². The smallest absolute Gasteiger partial charge is 0.255 e. The molecule has 0 radical (unpaired) electrons. The summed E-state index contributed by atoms with van der Waals surface area (Å²) in [6.45, 7) is 2.26. The number of nitrogens with one attached hydrogen (secondary N) is 1. The lowest BCUT2D eigenvalue weighted by Crippen LogP contribution is -2.18. The van der Waals surface area contributed by atoms with Crippen LogP contribution >= 0.6 is 0 Å². The Morgan fingerprint density at radius 1 is 1.29 bits per heavy atom. The highest BCUT2D eigenvalue weighted by Gasteiger charge is 2.02. The third-order valence-corrected chi connectivity index (χ3v) is 2.64. The minimum atomic E-state index is -0.149. The number of rotatable bonds is 3. The number of benzene rings is 1. The molecule has 0 bridgehead atoms. The molecule has 1 aromatic heterocycles. The lowest BCUT2D eigenvalue weighted by Gasteiger charge is -2.02. The van der Waals surface area contributed by atoms with Crippen LogP contribution in [0.1, 0.15) is 22.5 Å². The van der Waals surface area contributed by atoms with Crippen LogP contribution in [0.3, 0.4) is 0 Å². The van der Waals surface area contributed by atoms with E-state index >= 15 is 0 Å². The van der Waals surface area contributed by atoms with Crippen molar-refractivity contribution in [3.8, 4) is 0 Å². The minimum absolute atomic E-state index is 0.149. The number of aromatic amines is 1. The Bertz CT molecular complexity index is 558. The molecule has 0 unspecified atom stereocenters. The van der Waals surface area contributed by atoms with Gasteiger partial charge >= 0.3 is 0 Å². The molecule has 17 heavy (non-hydrogen) atoms. The molecular weight excluding hydrogens is 214 g/mol. The number of hydrogen-bond donors (Lipinski definition) is 2. The Morgan fingerprint density at radius 3 is 2.59 bits per heavy atom. The van der Waals surface area contributed by atoms with E-state index in [0.717, 1.165) is 5.56 Å². The van der Waals surface area contributed by atoms with Crippen LogP contribution in [0.2, 0.25) is 0 Å². The van der Waals surface area contributed by atoms with Crippen molar-refractivity contribution in [2.75, 3.05) is 0 Å². The van der Waals surface area contributed by atoms with Gasteiger partial charge in [-0.05, 0) is 12.5 Å². The van der Waals surface area contributed by atoms with E-state index in [4.69, 9.17) is 5.73 Å². The van der Waals surface area contributed by atoms with Gasteiger partial charge in [0.05, 0.1) is 0 Å². The van der Waals surface area contributed by atoms with E-state index in [0.29, 0.717) is 17.8 Å². The first kappa shape index (κ1) is 11.5. The first-order chi connectivity index (χ1) is 8.19. The topological polar surface area (TPSA) is 71.8 Å². The Hall–Kier alpha value is -1.94. The summed E-state index contributed by atoms with van der Waals surface area (Å²) in [5, 5.41) is 0. The van der Waals surface area contributed by atoms with Crippen molar-refractivity contribution >= 4 is 0 Å². The molecular formula is C13H15N3O. The van der Waals surface area contributed by atoms with E-state index in [9.17, 15) is 4.79 Å². The van der Waals surface area contributed by atoms with Gasteiger partial charge in [-0.3, -0.25) is 4.79 Å². The van der Waals surface area contributed by atoms with Crippen LogP contribution in [0.25, 0.3) is 0 Å². The molecule has 0 aliphatic rings. The Balaban J connectivity index is 2.22. The summed E-state index contributed by atoms with van der Waals surface area (Å²) in [5.74, 6) is 0.663. The van der Waals surface area contributed by atoms with Crippen LogP contribution in [0.4, 0.5) is 0 Å². The predicted molar refractivity (Wildman–Crippen MR) is 66.7 cm³/mol. The number of aryl methyl sites for hydroxylation is 1. The van der Waals surface area contributed by atoms with Crippen molar-refractivity contribution in [3.63, 3.8) is 0 Å². The third kappa shape index (κ3) is 2.79. The SMILES string of the molecule is Cc1ccc(Cc2ncc(CN)c(=O)[nH]2)cc1. The molecule has 0 saturated heterocycles. The summed E-state index contributed by atoms with van der Waals surface area (Å²) in [6.07, 6.45) is 2.17. The first-order valence-corrected chi connectivity index (χ1v) is 5.51. The van der Waals surface area contributed by atoms with Crippen molar-refractivity contribution in [2.45, 2.75) is 19.9 Å². The lowest BCUT2D eigenvalue weighted by atomic mass is 10.1. The maximum absolute atomic E-state index is 11.5. The number of nitrogens with zero attached hydrogens (tertiary/aromatic N) is 1. The molecule has 1 heterocycles. The second-order valence-electron chi connectivity index (χ2n) is 4.05. The van der Waals surface area contributed by atoms with Crippen LogP contribution in [-0.2, 0) is 13.0 Å². The Morgan fingerprint density at radius 2 is 2.00 bits per heavy atom. The van der Waals surface area contributed by atoms with E-state index in [1.807, 2.05) is 31.2 Å². The van der Waals surface area contributed by atoms with E-state index in [1.165, 1.54) is 5.56 Å². The number of aromatic nitrogens is 2. The maximum atomic E-state index is 11.5. The molecule has 2 aromatic rings. The van der Waals surface area contributed by atoms with Crippen LogP contribution in [-0.4, -0.2) is 9.97 Å². The fourth-order valence-electron chi connectivity index (χ4n) is 1.59. The fraction of sp³-hybridized carbons (Fsp3) is 0.231. The van der Waals surface area contributed by atoms with Crippen molar-refractivity contribution < 1.29 is 0 Å². The molecule has 2 rings (SSSR count). The highest BCUT2D eigenvalue weighted by Crippen LogP contribution is 2.06. The highest BCUT2D eigenvalue weighted by molar-refractivity contribution is 5.24. The summed E-state index contributed by atoms with van der Waals surface area (Å²) in [6, 6.07) is 8.15. The molecule has 88 valence electrons. The standard InChI is InChI=1S/C13H15N3O/c1-9-2-4-10(5-3-9)6-12-15-8-11(7-14)13(17)16-12/h2-5,8H,6-7,14H2,1H3,(H,15,16,17). The van der Waals surface area contributed by atoms with Crippen LogP contribution in [0, 0.1) is 6.92 Å². The average molecular weight is 229 g/mol. The molecule has 0 aliphatic carbocycles. The van der Waals surface area contributed by atoms with Gasteiger partial charge < -0.3 is 10.7 Å². The van der Waals surface area contributed by atoms with Gasteiger partial charge in [0.2, 0.25) is 0 Å². The van der Waals surface area contributed by atoms with E-state index in [-0.39, 0.29) is 12.1 Å². The number of hydrogen-bond acceptors (Lipinski definition) is 3. The summed E-state index contributed by atoms with van der Waals surface area (Å²) >= 11 is 0. The normalized spacial score (nSPS) is 10.5. The third-order valence-electron chi connectivity index (χ3n) is 2.64. The van der Waals surface area contributed by atoms with Gasteiger partial charge in [0.1, 0.15) is 5.82 Å². The summed E-state index contributed by atoms with van der Waals surface area (Å²) in [4.78, 5) is 18.5. The largest absolute Gasteiger partial charge is 0.326 e. The minimum Gasteiger partial charge on any atom is -0.326 e. The van der Waals surface area contributed by atoms with Crippen LogP contribution < -0.4 is 11.3 Å². The number of H-pyrrole nitrogens is 1. The van der Waals surface area contributed by atoms with Gasteiger partial charge in [-0.25, -0.2) is 4.98 Å². The second-order valence-corrected chi connectivity index (χ2v) is 4.05. The van der Waals surface area contributed by atoms with Gasteiger partial charge in [0.25, 0.3) is 5.56 Å². The van der Waals surface area contributed by atoms with Gasteiger partial charge in [0.15, 0.2) is 0 Å². The maximum Gasteiger partial charge on any atom is 0.255 e. The molecule has 1 aromatic carbocycles. The predicted octanol–water partition coefficient (Wildman–Crippen LogP) is 1.13. The second kappa shape index (κ2) is 4.93. The van der Waals surface area contributed by atoms with Crippen molar-refractivity contribution in [1.82, 2.24) is 9.97 Å². The molecule has 0 atom stereocenters. The lowest BCUT2D eigenvalue weighted by molar-refractivity contribution is 0.897. The molecule has 0 spiro atoms. The molecule has 0 fully saturated rings. The molecule has 4 nitrogen and oxygen atoms in total. The van der Waals surface area contributed by atoms with E-state index in [1.54, 1.807) is 6.20 Å². The zero-order valence-corrected chi connectivity index (χ0v) is 9.73. The molecule has 0 saturated carbocycles. The summed E-state index contributed by atoms with van der Waals surface area (Å²) < 4.78 is 0. The Kier molecular flexibility index (Phi) is 3.35. The zero-order chi connectivity index (χ0) is 12.3. The zero-order valence-electron chi connectivity index (χ0n) is 9.73. The van der Waals surface area contributed by atoms with Crippen molar-refractivity contribution in [2.24, 2.45) is 5.73 Å². The number of nitrogens with two attached hydrogens (primary N) is 1. The van der Waals surface area contributed by atoms with Gasteiger partial charge in [-0.1, -0.05) is 29.8 Å². The fourth-order valence-corrected chi connectivity index (χ4v) is 1.59. The van der Waals surface area contributed by atoms with Crippen LogP contribution in [0.15, 0.2) is 35.3 Å². The summed E-state index contributed by atoms with van der Waals surface area (Å²) in [5.41, 5.74) is 8.11. The Labute approximate surface area is 99.5 Å². The molecule has 0 aliphatic heterocycles. The van der Waals surface area contributed by atoms with Gasteiger partial charge in [-0.15, -0.1) is 0 Å². The first-order valence-electron chi connectivity index (χ1n) is 5.51. The van der Waals surface area contributed by atoms with Crippen LogP contribution in [0.5, 0.6) is 0 Å². The van der Waals surface area contributed by atoms with Gasteiger partial charge in [0, 0.05) is 24.7 Å².